The fraction of sp³-hybridized carbons (Fsp3) is 0.391. The molecule has 0 amide bonds. The maximum absolute atomic E-state index is 13.0. The van der Waals surface area contributed by atoms with E-state index in [4.69, 9.17) is 9.47 Å². The molecule has 1 aliphatic heterocycles. The Balaban J connectivity index is 1.31. The first-order chi connectivity index (χ1) is 16.2. The summed E-state index contributed by atoms with van der Waals surface area (Å²) in [5.74, 6) is 2.20. The van der Waals surface area contributed by atoms with Gasteiger partial charge in [0.15, 0.2) is 17.3 Å². The van der Waals surface area contributed by atoms with E-state index < -0.39 is 0 Å². The molecule has 0 atom stereocenters. The lowest BCUT2D eigenvalue weighted by Crippen LogP contribution is -2.28. The zero-order chi connectivity index (χ0) is 22.2. The Morgan fingerprint density at radius 3 is 2.79 bits per heavy atom. The largest absolute Gasteiger partial charge is 0.454 e. The Kier molecular flexibility index (Phi) is 5.31. The van der Waals surface area contributed by atoms with Gasteiger partial charge in [0.2, 0.25) is 6.79 Å². The average Bonchev–Trinajstić information content (AvgIpc) is 3.59. The van der Waals surface area contributed by atoms with Gasteiger partial charge >= 0.3 is 0 Å². The highest BCUT2D eigenvalue weighted by atomic mass is 32.1. The average molecular weight is 465 g/mol. The van der Waals surface area contributed by atoms with E-state index in [0.717, 1.165) is 29.6 Å². The normalized spacial score (nSPS) is 15.8. The van der Waals surface area contributed by atoms with Gasteiger partial charge in [-0.25, -0.2) is 4.68 Å². The summed E-state index contributed by atoms with van der Waals surface area (Å²) in [5, 5.41) is 15.6. The van der Waals surface area contributed by atoms with Gasteiger partial charge in [0, 0.05) is 35.0 Å². The van der Waals surface area contributed by atoms with E-state index >= 15 is 0 Å². The van der Waals surface area contributed by atoms with Gasteiger partial charge in [-0.1, -0.05) is 18.9 Å². The third kappa shape index (κ3) is 4.11. The van der Waals surface area contributed by atoms with Crippen LogP contribution < -0.4 is 15.0 Å². The van der Waals surface area contributed by atoms with Gasteiger partial charge in [-0.15, -0.1) is 16.4 Å². The van der Waals surface area contributed by atoms with E-state index in [2.05, 4.69) is 36.9 Å². The number of hydrogen-bond acceptors (Lipinski definition) is 8. The van der Waals surface area contributed by atoms with Crippen molar-refractivity contribution in [2.45, 2.75) is 51.4 Å². The third-order valence-corrected chi connectivity index (χ3v) is 7.23. The molecule has 3 aromatic heterocycles. The first kappa shape index (κ1) is 20.4. The molecule has 0 spiro atoms. The van der Waals surface area contributed by atoms with Crippen molar-refractivity contribution >= 4 is 22.2 Å². The number of pyridine rings is 1. The van der Waals surface area contributed by atoms with Crippen LogP contribution in [0, 0.1) is 0 Å². The van der Waals surface area contributed by atoms with E-state index in [1.165, 1.54) is 17.7 Å². The lowest BCUT2D eigenvalue weighted by molar-refractivity contribution is 0.174. The number of thiophene rings is 1. The van der Waals surface area contributed by atoms with Crippen LogP contribution in [0.1, 0.15) is 48.0 Å². The number of aromatic nitrogens is 5. The second-order valence-electron chi connectivity index (χ2n) is 8.62. The molecule has 10 heteroatoms. The second-order valence-corrected chi connectivity index (χ2v) is 9.65. The van der Waals surface area contributed by atoms with E-state index in [0.29, 0.717) is 42.7 Å². The molecule has 1 aliphatic carbocycles. The minimum absolute atomic E-state index is 0.104. The quantitative estimate of drug-likeness (QED) is 0.446. The molecule has 33 heavy (non-hydrogen) atoms. The molecule has 1 saturated carbocycles. The standard InChI is InChI=1S/C23H24N6O3S/c30-23-16(8-15-9-20-21(32-14-31-20)10-19(15)24-23)11-28(12-18-6-3-7-33-18)13-22-25-26-27-29(22)17-4-1-2-5-17/h3,6-10,17H,1-2,4-5,11-14H2,(H,24,30). The highest BCUT2D eigenvalue weighted by Crippen LogP contribution is 2.35. The molecule has 1 fully saturated rings. The molecular weight excluding hydrogens is 440 g/mol. The number of nitrogens with one attached hydrogen (secondary N) is 1. The van der Waals surface area contributed by atoms with Crippen LogP contribution in [0.2, 0.25) is 0 Å². The molecule has 0 radical (unpaired) electrons. The van der Waals surface area contributed by atoms with E-state index in [1.807, 2.05) is 28.9 Å². The topological polar surface area (TPSA) is 98.2 Å². The van der Waals surface area contributed by atoms with Gasteiger partial charge in [-0.2, -0.15) is 0 Å². The third-order valence-electron chi connectivity index (χ3n) is 6.36. The minimum atomic E-state index is -0.104. The maximum atomic E-state index is 13.0. The van der Waals surface area contributed by atoms with Crippen molar-refractivity contribution in [2.75, 3.05) is 6.79 Å². The van der Waals surface area contributed by atoms with Crippen molar-refractivity contribution in [3.63, 3.8) is 0 Å². The van der Waals surface area contributed by atoms with Crippen LogP contribution in [0.3, 0.4) is 0 Å². The SMILES string of the molecule is O=c1[nH]c2cc3c(cc2cc1CN(Cc1cccs1)Cc1nnnn1C1CCCC1)OCO3. The molecule has 1 aromatic carbocycles. The fourth-order valence-corrected chi connectivity index (χ4v) is 5.49. The molecule has 0 bridgehead atoms. The van der Waals surface area contributed by atoms with Crippen LogP contribution in [0.4, 0.5) is 0 Å². The molecule has 4 aromatic rings. The van der Waals surface area contributed by atoms with Crippen LogP contribution in [0.25, 0.3) is 10.9 Å². The van der Waals surface area contributed by atoms with Crippen molar-refractivity contribution in [3.05, 3.63) is 62.3 Å². The Morgan fingerprint density at radius 2 is 1.97 bits per heavy atom. The van der Waals surface area contributed by atoms with Crippen LogP contribution in [-0.4, -0.2) is 36.9 Å². The lowest BCUT2D eigenvalue weighted by Gasteiger charge is -2.22. The molecular formula is C23H24N6O3S. The molecule has 0 saturated heterocycles. The summed E-state index contributed by atoms with van der Waals surface area (Å²) in [6.45, 7) is 1.97. The summed E-state index contributed by atoms with van der Waals surface area (Å²) in [5.41, 5.74) is 1.33. The first-order valence-electron chi connectivity index (χ1n) is 11.2. The van der Waals surface area contributed by atoms with E-state index in [1.54, 1.807) is 11.3 Å². The molecule has 1 N–H and O–H groups in total. The summed E-state index contributed by atoms with van der Waals surface area (Å²) >= 11 is 1.71. The van der Waals surface area contributed by atoms with Gasteiger partial charge in [-0.05, 0) is 46.8 Å². The first-order valence-corrected chi connectivity index (χ1v) is 12.1. The minimum Gasteiger partial charge on any atom is -0.454 e. The zero-order valence-electron chi connectivity index (χ0n) is 18.1. The van der Waals surface area contributed by atoms with Crippen molar-refractivity contribution in [1.82, 2.24) is 30.1 Å². The monoisotopic (exact) mass is 464 g/mol. The molecule has 6 rings (SSSR count). The van der Waals surface area contributed by atoms with Gasteiger partial charge in [0.1, 0.15) is 0 Å². The smallest absolute Gasteiger partial charge is 0.252 e. The Bertz CT molecular complexity index is 1330. The van der Waals surface area contributed by atoms with Crippen molar-refractivity contribution < 1.29 is 9.47 Å². The predicted molar refractivity (Wildman–Crippen MR) is 123 cm³/mol. The molecule has 2 aliphatic rings. The van der Waals surface area contributed by atoms with Crippen molar-refractivity contribution in [2.24, 2.45) is 0 Å². The molecule has 0 unspecified atom stereocenters. The number of tetrazole rings is 1. The Hall–Kier alpha value is -3.24. The van der Waals surface area contributed by atoms with Gasteiger partial charge in [0.25, 0.3) is 5.56 Å². The molecule has 9 nitrogen and oxygen atoms in total. The van der Waals surface area contributed by atoms with Crippen LogP contribution >= 0.6 is 11.3 Å². The van der Waals surface area contributed by atoms with Crippen LogP contribution in [-0.2, 0) is 19.6 Å². The van der Waals surface area contributed by atoms with Crippen molar-refractivity contribution in [1.29, 1.82) is 0 Å². The highest BCUT2D eigenvalue weighted by molar-refractivity contribution is 7.09. The number of aromatic amines is 1. The fourth-order valence-electron chi connectivity index (χ4n) is 4.74. The van der Waals surface area contributed by atoms with E-state index in [9.17, 15) is 4.79 Å². The number of H-pyrrole nitrogens is 1. The molecule has 170 valence electrons. The number of rotatable bonds is 7. The van der Waals surface area contributed by atoms with Crippen molar-refractivity contribution in [3.8, 4) is 11.5 Å². The number of fused-ring (bicyclic) bond motifs is 2. The number of benzene rings is 1. The van der Waals surface area contributed by atoms with E-state index in [-0.39, 0.29) is 12.4 Å². The lowest BCUT2D eigenvalue weighted by atomic mass is 10.1. The molecule has 4 heterocycles. The Morgan fingerprint density at radius 1 is 1.12 bits per heavy atom. The summed E-state index contributed by atoms with van der Waals surface area (Å²) in [6, 6.07) is 10.2. The summed E-state index contributed by atoms with van der Waals surface area (Å²) in [6.07, 6.45) is 4.66. The number of hydrogen-bond donors (Lipinski definition) is 1. The summed E-state index contributed by atoms with van der Waals surface area (Å²) in [4.78, 5) is 19.4. The van der Waals surface area contributed by atoms with Gasteiger partial charge in [0.05, 0.1) is 18.1 Å². The summed E-state index contributed by atoms with van der Waals surface area (Å²) < 4.78 is 12.9. The van der Waals surface area contributed by atoms with Crippen LogP contribution in [0.5, 0.6) is 11.5 Å². The Labute approximate surface area is 193 Å². The van der Waals surface area contributed by atoms with Gasteiger partial charge in [-0.3, -0.25) is 9.69 Å². The van der Waals surface area contributed by atoms with Gasteiger partial charge < -0.3 is 14.5 Å². The second kappa shape index (κ2) is 8.60. The highest BCUT2D eigenvalue weighted by Gasteiger charge is 2.23. The zero-order valence-corrected chi connectivity index (χ0v) is 18.9. The maximum Gasteiger partial charge on any atom is 0.252 e. The summed E-state index contributed by atoms with van der Waals surface area (Å²) in [7, 11) is 0. The van der Waals surface area contributed by atoms with Crippen LogP contribution in [0.15, 0.2) is 40.5 Å². The predicted octanol–water partition coefficient (Wildman–Crippen LogP) is 3.62. The number of nitrogens with zero attached hydrogens (tertiary/aromatic N) is 5. The number of ether oxygens (including phenoxy) is 2.